The highest BCUT2D eigenvalue weighted by Gasteiger charge is 2.11. The quantitative estimate of drug-likeness (QED) is 0.691. The first-order valence-corrected chi connectivity index (χ1v) is 6.97. The van der Waals surface area contributed by atoms with Crippen molar-refractivity contribution in [2.24, 2.45) is 0 Å². The molecule has 0 saturated heterocycles. The molecule has 0 bridgehead atoms. The van der Waals surface area contributed by atoms with Crippen LogP contribution in [0.5, 0.6) is 0 Å². The van der Waals surface area contributed by atoms with Gasteiger partial charge in [-0.05, 0) is 35.0 Å². The molecule has 1 heterocycles. The van der Waals surface area contributed by atoms with E-state index in [9.17, 15) is 9.90 Å². The highest BCUT2D eigenvalue weighted by atomic mass is 16.4. The highest BCUT2D eigenvalue weighted by Crippen LogP contribution is 2.18. The van der Waals surface area contributed by atoms with E-state index >= 15 is 0 Å². The van der Waals surface area contributed by atoms with Crippen molar-refractivity contribution in [3.8, 4) is 0 Å². The number of carbonyl (C=O) groups excluding carboxylic acids is 1. The lowest BCUT2D eigenvalue weighted by molar-refractivity contribution is 0.149. The van der Waals surface area contributed by atoms with Gasteiger partial charge in [0, 0.05) is 5.69 Å². The largest absolute Gasteiger partial charge is 0.467 e. The average molecular weight is 296 g/mol. The minimum atomic E-state index is -0.864. The summed E-state index contributed by atoms with van der Waals surface area (Å²) in [6.07, 6.45) is 0.616. The predicted octanol–water partition coefficient (Wildman–Crippen LogP) is 3.29. The Hall–Kier alpha value is -2.79. The van der Waals surface area contributed by atoms with Crippen molar-refractivity contribution in [1.29, 1.82) is 0 Å². The van der Waals surface area contributed by atoms with Crippen LogP contribution in [0.15, 0.2) is 65.3 Å². The Kier molecular flexibility index (Phi) is 4.07. The van der Waals surface area contributed by atoms with E-state index in [2.05, 4.69) is 10.6 Å². The summed E-state index contributed by atoms with van der Waals surface area (Å²) in [4.78, 5) is 11.9. The molecule has 3 rings (SSSR count). The Morgan fingerprint density at radius 2 is 1.91 bits per heavy atom. The van der Waals surface area contributed by atoms with E-state index < -0.39 is 6.10 Å². The summed E-state index contributed by atoms with van der Waals surface area (Å²) in [6, 6.07) is 16.6. The van der Waals surface area contributed by atoms with Crippen LogP contribution in [-0.2, 0) is 0 Å². The number of rotatable bonds is 4. The number of fused-ring (bicyclic) bond motifs is 1. The van der Waals surface area contributed by atoms with Gasteiger partial charge in [0.2, 0.25) is 0 Å². The Bertz CT molecular complexity index is 768. The standard InChI is InChI=1S/C17H16N2O3/c20-15(16-6-3-9-22-16)11-18-17(21)19-14-8-7-12-4-1-2-5-13(12)10-14/h1-10,15,20H,11H2,(H2,18,19,21). The van der Waals surface area contributed by atoms with E-state index in [0.717, 1.165) is 10.8 Å². The van der Waals surface area contributed by atoms with Crippen molar-refractivity contribution in [2.75, 3.05) is 11.9 Å². The summed E-state index contributed by atoms with van der Waals surface area (Å²) >= 11 is 0. The minimum Gasteiger partial charge on any atom is -0.467 e. The Morgan fingerprint density at radius 3 is 2.68 bits per heavy atom. The SMILES string of the molecule is O=C(NCC(O)c1ccco1)Nc1ccc2ccccc2c1. The molecule has 0 aliphatic heterocycles. The maximum atomic E-state index is 11.9. The lowest BCUT2D eigenvalue weighted by atomic mass is 10.1. The molecule has 3 aromatic rings. The highest BCUT2D eigenvalue weighted by molar-refractivity contribution is 5.93. The number of amides is 2. The van der Waals surface area contributed by atoms with Crippen LogP contribution >= 0.6 is 0 Å². The number of furan rings is 1. The maximum absolute atomic E-state index is 11.9. The van der Waals surface area contributed by atoms with Crippen LogP contribution in [-0.4, -0.2) is 17.7 Å². The zero-order valence-corrected chi connectivity index (χ0v) is 11.8. The van der Waals surface area contributed by atoms with Gasteiger partial charge in [0.25, 0.3) is 0 Å². The van der Waals surface area contributed by atoms with Crippen LogP contribution in [0.1, 0.15) is 11.9 Å². The lowest BCUT2D eigenvalue weighted by Gasteiger charge is -2.11. The fraction of sp³-hybridized carbons (Fsp3) is 0.118. The number of carbonyl (C=O) groups is 1. The van der Waals surface area contributed by atoms with Crippen molar-refractivity contribution in [1.82, 2.24) is 5.32 Å². The molecular weight excluding hydrogens is 280 g/mol. The minimum absolute atomic E-state index is 0.0763. The molecule has 3 N–H and O–H groups in total. The molecule has 5 heteroatoms. The zero-order chi connectivity index (χ0) is 15.4. The van der Waals surface area contributed by atoms with Gasteiger partial charge in [0.15, 0.2) is 0 Å². The number of urea groups is 1. The molecule has 0 fully saturated rings. The smallest absolute Gasteiger partial charge is 0.319 e. The summed E-state index contributed by atoms with van der Waals surface area (Å²) in [5.41, 5.74) is 0.698. The van der Waals surface area contributed by atoms with E-state index in [1.807, 2.05) is 42.5 Å². The van der Waals surface area contributed by atoms with Crippen molar-refractivity contribution in [3.05, 3.63) is 66.6 Å². The van der Waals surface area contributed by atoms with Gasteiger partial charge in [-0.2, -0.15) is 0 Å². The van der Waals surface area contributed by atoms with Gasteiger partial charge in [-0.25, -0.2) is 4.79 Å². The molecule has 0 aliphatic rings. The van der Waals surface area contributed by atoms with Crippen molar-refractivity contribution >= 4 is 22.5 Å². The number of anilines is 1. The molecule has 0 saturated carbocycles. The number of benzene rings is 2. The molecule has 0 spiro atoms. The van der Waals surface area contributed by atoms with Gasteiger partial charge in [-0.15, -0.1) is 0 Å². The second-order valence-corrected chi connectivity index (χ2v) is 4.93. The normalized spacial score (nSPS) is 12.0. The summed E-state index contributed by atoms with van der Waals surface area (Å²) in [6.45, 7) is 0.0763. The number of aliphatic hydroxyl groups is 1. The van der Waals surface area contributed by atoms with Gasteiger partial charge < -0.3 is 20.2 Å². The third-order valence-corrected chi connectivity index (χ3v) is 3.33. The van der Waals surface area contributed by atoms with Crippen molar-refractivity contribution in [2.45, 2.75) is 6.10 Å². The Balaban J connectivity index is 1.58. The molecule has 0 aliphatic carbocycles. The fourth-order valence-corrected chi connectivity index (χ4v) is 2.21. The number of aliphatic hydroxyl groups excluding tert-OH is 1. The monoisotopic (exact) mass is 296 g/mol. The second kappa shape index (κ2) is 6.32. The van der Waals surface area contributed by atoms with Gasteiger partial charge in [-0.3, -0.25) is 0 Å². The van der Waals surface area contributed by atoms with Crippen LogP contribution in [0.3, 0.4) is 0 Å². The maximum Gasteiger partial charge on any atom is 0.319 e. The van der Waals surface area contributed by atoms with Gasteiger partial charge in [0.1, 0.15) is 11.9 Å². The third kappa shape index (κ3) is 3.27. The van der Waals surface area contributed by atoms with E-state index in [4.69, 9.17) is 4.42 Å². The van der Waals surface area contributed by atoms with Crippen LogP contribution in [0.2, 0.25) is 0 Å². The third-order valence-electron chi connectivity index (χ3n) is 3.33. The van der Waals surface area contributed by atoms with Gasteiger partial charge >= 0.3 is 6.03 Å². The molecular formula is C17H16N2O3. The molecule has 5 nitrogen and oxygen atoms in total. The summed E-state index contributed by atoms with van der Waals surface area (Å²) in [7, 11) is 0. The molecule has 2 aromatic carbocycles. The second-order valence-electron chi connectivity index (χ2n) is 4.93. The van der Waals surface area contributed by atoms with Crippen LogP contribution in [0, 0.1) is 0 Å². The predicted molar refractivity (Wildman–Crippen MR) is 84.6 cm³/mol. The molecule has 112 valence electrons. The molecule has 1 aromatic heterocycles. The van der Waals surface area contributed by atoms with E-state index in [1.54, 1.807) is 12.1 Å². The lowest BCUT2D eigenvalue weighted by Crippen LogP contribution is -2.32. The van der Waals surface area contributed by atoms with Crippen LogP contribution in [0.4, 0.5) is 10.5 Å². The zero-order valence-electron chi connectivity index (χ0n) is 11.8. The molecule has 0 radical (unpaired) electrons. The number of nitrogens with one attached hydrogen (secondary N) is 2. The van der Waals surface area contributed by atoms with Crippen molar-refractivity contribution < 1.29 is 14.3 Å². The molecule has 1 unspecified atom stereocenters. The first-order chi connectivity index (χ1) is 10.7. The fourth-order valence-electron chi connectivity index (χ4n) is 2.21. The summed E-state index contributed by atoms with van der Waals surface area (Å²) < 4.78 is 5.07. The molecule has 1 atom stereocenters. The Morgan fingerprint density at radius 1 is 1.09 bits per heavy atom. The van der Waals surface area contributed by atoms with E-state index in [1.165, 1.54) is 6.26 Å². The number of hydrogen-bond donors (Lipinski definition) is 3. The van der Waals surface area contributed by atoms with Crippen LogP contribution in [0.25, 0.3) is 10.8 Å². The van der Waals surface area contributed by atoms with E-state index in [0.29, 0.717) is 11.4 Å². The summed E-state index contributed by atoms with van der Waals surface area (Å²) in [5, 5.41) is 17.3. The average Bonchev–Trinajstić information content (AvgIpc) is 3.07. The number of hydrogen-bond acceptors (Lipinski definition) is 3. The first-order valence-electron chi connectivity index (χ1n) is 6.97. The van der Waals surface area contributed by atoms with Crippen molar-refractivity contribution in [3.63, 3.8) is 0 Å². The topological polar surface area (TPSA) is 74.5 Å². The van der Waals surface area contributed by atoms with Crippen LogP contribution < -0.4 is 10.6 Å². The van der Waals surface area contributed by atoms with Gasteiger partial charge in [0.05, 0.1) is 12.8 Å². The van der Waals surface area contributed by atoms with E-state index in [-0.39, 0.29) is 12.6 Å². The Labute approximate surface area is 127 Å². The summed E-state index contributed by atoms with van der Waals surface area (Å²) in [5.74, 6) is 0.422. The molecule has 22 heavy (non-hydrogen) atoms. The van der Waals surface area contributed by atoms with Gasteiger partial charge in [-0.1, -0.05) is 30.3 Å². The first kappa shape index (κ1) is 14.2. The molecule has 2 amide bonds.